The number of hydrogen-bond acceptors (Lipinski definition) is 4. The summed E-state index contributed by atoms with van der Waals surface area (Å²) in [5.74, 6) is -1.85. The van der Waals surface area contributed by atoms with Crippen molar-refractivity contribution in [3.8, 4) is 0 Å². The zero-order valence-electron chi connectivity index (χ0n) is 15.2. The van der Waals surface area contributed by atoms with Gasteiger partial charge >= 0.3 is 0 Å². The lowest BCUT2D eigenvalue weighted by molar-refractivity contribution is -0.132. The van der Waals surface area contributed by atoms with E-state index in [2.05, 4.69) is 20.9 Å². The van der Waals surface area contributed by atoms with E-state index in [1.165, 1.54) is 17.0 Å². The number of carbonyl (C=O) groups excluding carboxylic acids is 2. The minimum atomic E-state index is -0.830. The number of carbonyl (C=O) groups is 2. The number of aromatic nitrogens is 1. The SMILES string of the molecule is O=C1C(=O)N(c2ccc(Br)cc2)C(c2ccncc2)/C1=C(/O)c1ccc(Cl)c(Cl)c1. The third-order valence-corrected chi connectivity index (χ3v) is 6.03. The molecule has 2 aromatic carbocycles. The maximum Gasteiger partial charge on any atom is 0.300 e. The van der Waals surface area contributed by atoms with Gasteiger partial charge in [-0.15, -0.1) is 0 Å². The van der Waals surface area contributed by atoms with Crippen LogP contribution in [0.15, 0.2) is 77.0 Å². The van der Waals surface area contributed by atoms with Crippen LogP contribution in [0, 0.1) is 0 Å². The Kier molecular flexibility index (Phi) is 5.64. The van der Waals surface area contributed by atoms with Crippen LogP contribution in [0.2, 0.25) is 10.0 Å². The number of rotatable bonds is 3. The first kappa shape index (κ1) is 20.6. The topological polar surface area (TPSA) is 70.5 Å². The molecule has 1 atom stereocenters. The maximum atomic E-state index is 13.0. The molecule has 0 bridgehead atoms. The van der Waals surface area contributed by atoms with Gasteiger partial charge in [0.15, 0.2) is 0 Å². The van der Waals surface area contributed by atoms with Gasteiger partial charge in [-0.3, -0.25) is 19.5 Å². The second kappa shape index (κ2) is 8.22. The molecule has 0 spiro atoms. The van der Waals surface area contributed by atoms with E-state index in [-0.39, 0.29) is 21.9 Å². The lowest BCUT2D eigenvalue weighted by atomic mass is 9.96. The van der Waals surface area contributed by atoms with Crippen LogP contribution >= 0.6 is 39.1 Å². The molecule has 0 aliphatic carbocycles. The molecule has 1 aromatic heterocycles. The van der Waals surface area contributed by atoms with Crippen LogP contribution in [0.3, 0.4) is 0 Å². The highest BCUT2D eigenvalue weighted by Crippen LogP contribution is 2.42. The molecule has 1 amide bonds. The van der Waals surface area contributed by atoms with Gasteiger partial charge in [0.25, 0.3) is 11.7 Å². The van der Waals surface area contributed by atoms with Crippen molar-refractivity contribution in [3.05, 3.63) is 98.2 Å². The predicted octanol–water partition coefficient (Wildman–Crippen LogP) is 5.78. The summed E-state index contributed by atoms with van der Waals surface area (Å²) in [5.41, 5.74) is 1.41. The Morgan fingerprint density at radius 2 is 1.63 bits per heavy atom. The van der Waals surface area contributed by atoms with Crippen LogP contribution in [0.1, 0.15) is 17.2 Å². The second-order valence-electron chi connectivity index (χ2n) is 6.55. The Morgan fingerprint density at radius 1 is 0.967 bits per heavy atom. The van der Waals surface area contributed by atoms with Crippen LogP contribution in [-0.4, -0.2) is 21.8 Å². The fourth-order valence-electron chi connectivity index (χ4n) is 3.36. The first-order valence-electron chi connectivity index (χ1n) is 8.80. The Labute approximate surface area is 190 Å². The summed E-state index contributed by atoms with van der Waals surface area (Å²) in [5, 5.41) is 11.6. The summed E-state index contributed by atoms with van der Waals surface area (Å²) in [6, 6.07) is 14.1. The summed E-state index contributed by atoms with van der Waals surface area (Å²) in [7, 11) is 0. The zero-order valence-corrected chi connectivity index (χ0v) is 18.3. The number of benzene rings is 2. The van der Waals surface area contributed by atoms with Crippen LogP contribution in [-0.2, 0) is 9.59 Å². The molecule has 1 saturated heterocycles. The van der Waals surface area contributed by atoms with Gasteiger partial charge in [0.05, 0.1) is 21.7 Å². The highest BCUT2D eigenvalue weighted by molar-refractivity contribution is 9.10. The molecule has 0 saturated carbocycles. The van der Waals surface area contributed by atoms with E-state index in [1.54, 1.807) is 54.9 Å². The van der Waals surface area contributed by atoms with Gasteiger partial charge in [-0.05, 0) is 60.2 Å². The molecule has 5 nitrogen and oxygen atoms in total. The average molecular weight is 504 g/mol. The normalized spacial score (nSPS) is 18.1. The molecule has 1 aliphatic rings. The van der Waals surface area contributed by atoms with Gasteiger partial charge in [-0.2, -0.15) is 0 Å². The van der Waals surface area contributed by atoms with Gasteiger partial charge in [0, 0.05) is 28.1 Å². The van der Waals surface area contributed by atoms with Crippen molar-refractivity contribution in [2.75, 3.05) is 4.90 Å². The molecule has 8 heteroatoms. The molecule has 2 heterocycles. The third kappa shape index (κ3) is 3.62. The van der Waals surface area contributed by atoms with E-state index in [0.29, 0.717) is 16.3 Å². The summed E-state index contributed by atoms with van der Waals surface area (Å²) in [6.45, 7) is 0. The molecular formula is C22H13BrCl2N2O3. The van der Waals surface area contributed by atoms with Gasteiger partial charge < -0.3 is 5.11 Å². The van der Waals surface area contributed by atoms with Crippen molar-refractivity contribution >= 4 is 62.3 Å². The molecule has 3 aromatic rings. The van der Waals surface area contributed by atoms with Crippen LogP contribution < -0.4 is 4.90 Å². The standard InChI is InChI=1S/C22H13BrCl2N2O3/c23-14-2-4-15(5-3-14)27-19(12-7-9-26-10-8-12)18(21(29)22(27)30)20(28)13-1-6-16(24)17(25)11-13/h1-11,19,28H/b20-18-. The highest BCUT2D eigenvalue weighted by Gasteiger charge is 2.46. The minimum absolute atomic E-state index is 0.0347. The Hall–Kier alpha value is -2.67. The minimum Gasteiger partial charge on any atom is -0.507 e. The number of halogens is 3. The fourth-order valence-corrected chi connectivity index (χ4v) is 3.92. The maximum absolute atomic E-state index is 13.0. The van der Waals surface area contributed by atoms with Crippen LogP contribution in [0.25, 0.3) is 5.76 Å². The summed E-state index contributed by atoms with van der Waals surface area (Å²) in [4.78, 5) is 31.4. The number of pyridine rings is 1. The van der Waals surface area contributed by atoms with Crippen molar-refractivity contribution in [2.45, 2.75) is 6.04 Å². The Balaban J connectivity index is 1.94. The molecule has 1 fully saturated rings. The number of anilines is 1. The number of ketones is 1. The number of hydrogen-bond donors (Lipinski definition) is 1. The molecule has 1 unspecified atom stereocenters. The van der Waals surface area contributed by atoms with Crippen molar-refractivity contribution in [1.29, 1.82) is 0 Å². The lowest BCUT2D eigenvalue weighted by Gasteiger charge is -2.25. The monoisotopic (exact) mass is 502 g/mol. The predicted molar refractivity (Wildman–Crippen MR) is 120 cm³/mol. The van der Waals surface area contributed by atoms with E-state index in [4.69, 9.17) is 23.2 Å². The van der Waals surface area contributed by atoms with Crippen molar-refractivity contribution in [2.24, 2.45) is 0 Å². The van der Waals surface area contributed by atoms with E-state index < -0.39 is 17.7 Å². The number of nitrogens with zero attached hydrogens (tertiary/aromatic N) is 2. The Morgan fingerprint density at radius 3 is 2.27 bits per heavy atom. The van der Waals surface area contributed by atoms with Crippen LogP contribution in [0.5, 0.6) is 0 Å². The number of amides is 1. The molecule has 1 N–H and O–H groups in total. The number of aliphatic hydroxyl groups excluding tert-OH is 1. The molecule has 150 valence electrons. The molecular weight excluding hydrogens is 491 g/mol. The molecule has 4 rings (SSSR count). The third-order valence-electron chi connectivity index (χ3n) is 4.76. The van der Waals surface area contributed by atoms with E-state index in [1.807, 2.05) is 0 Å². The van der Waals surface area contributed by atoms with E-state index in [0.717, 1.165) is 4.47 Å². The fraction of sp³-hybridized carbons (Fsp3) is 0.0455. The lowest BCUT2D eigenvalue weighted by Crippen LogP contribution is -2.29. The number of Topliss-reactive ketones (excluding diaryl/α,β-unsaturated/α-hetero) is 1. The van der Waals surface area contributed by atoms with Crippen LogP contribution in [0.4, 0.5) is 5.69 Å². The van der Waals surface area contributed by atoms with Gasteiger partial charge in [0.1, 0.15) is 5.76 Å². The average Bonchev–Trinajstić information content (AvgIpc) is 3.02. The summed E-state index contributed by atoms with van der Waals surface area (Å²) in [6.07, 6.45) is 3.13. The van der Waals surface area contributed by atoms with E-state index in [9.17, 15) is 14.7 Å². The summed E-state index contributed by atoms with van der Waals surface area (Å²) < 4.78 is 0.833. The smallest absolute Gasteiger partial charge is 0.300 e. The summed E-state index contributed by atoms with van der Waals surface area (Å²) >= 11 is 15.4. The van der Waals surface area contributed by atoms with Crippen molar-refractivity contribution in [1.82, 2.24) is 4.98 Å². The quantitative estimate of drug-likeness (QED) is 0.279. The van der Waals surface area contributed by atoms with Gasteiger partial charge in [-0.25, -0.2) is 0 Å². The molecule has 30 heavy (non-hydrogen) atoms. The number of aliphatic hydroxyl groups is 1. The molecule has 0 radical (unpaired) electrons. The zero-order chi connectivity index (χ0) is 21.4. The van der Waals surface area contributed by atoms with E-state index >= 15 is 0 Å². The Bertz CT molecular complexity index is 1180. The largest absolute Gasteiger partial charge is 0.507 e. The first-order valence-corrected chi connectivity index (χ1v) is 10.4. The van der Waals surface area contributed by atoms with Gasteiger partial charge in [-0.1, -0.05) is 39.1 Å². The second-order valence-corrected chi connectivity index (χ2v) is 8.29. The van der Waals surface area contributed by atoms with Gasteiger partial charge in [0.2, 0.25) is 0 Å². The molecule has 1 aliphatic heterocycles. The van der Waals surface area contributed by atoms with Crippen molar-refractivity contribution in [3.63, 3.8) is 0 Å². The highest BCUT2D eigenvalue weighted by atomic mass is 79.9. The van der Waals surface area contributed by atoms with Crippen molar-refractivity contribution < 1.29 is 14.7 Å². The first-order chi connectivity index (χ1) is 14.4.